The molecule has 0 radical (unpaired) electrons. The van der Waals surface area contributed by atoms with Gasteiger partial charge in [-0.05, 0) is 51.6 Å². The molecule has 25 heavy (non-hydrogen) atoms. The summed E-state index contributed by atoms with van der Waals surface area (Å²) in [6.45, 7) is 0. The molecule has 3 heteroatoms. The molecule has 1 aliphatic rings. The van der Waals surface area contributed by atoms with E-state index in [2.05, 4.69) is 69.4 Å². The smallest absolute Gasteiger partial charge is 0.152 e. The van der Waals surface area contributed by atoms with Gasteiger partial charge in [0.2, 0.25) is 0 Å². The summed E-state index contributed by atoms with van der Waals surface area (Å²) in [5.41, 5.74) is 3.21. The summed E-state index contributed by atoms with van der Waals surface area (Å²) in [6.07, 6.45) is 0. The van der Waals surface area contributed by atoms with Crippen molar-refractivity contribution in [3.8, 4) is 11.5 Å². The highest BCUT2D eigenvalue weighted by Crippen LogP contribution is 2.53. The van der Waals surface area contributed by atoms with Gasteiger partial charge in [-0.2, -0.15) is 0 Å². The molecule has 0 saturated carbocycles. The van der Waals surface area contributed by atoms with Gasteiger partial charge in [0.05, 0.1) is 11.4 Å². The van der Waals surface area contributed by atoms with Gasteiger partial charge in [-0.25, -0.2) is 0 Å². The standard InChI is InChI=1S/C22H14BrNO/c23-17-10-6-14-21-22(17)24(19-11-3-4-13-20(19)25-21)18-12-5-8-15-7-1-2-9-16(15)18/h1-14H. The van der Waals surface area contributed by atoms with Crippen molar-refractivity contribution < 1.29 is 4.74 Å². The van der Waals surface area contributed by atoms with E-state index in [0.717, 1.165) is 33.0 Å². The van der Waals surface area contributed by atoms with Crippen LogP contribution in [-0.2, 0) is 0 Å². The van der Waals surface area contributed by atoms with E-state index >= 15 is 0 Å². The lowest BCUT2D eigenvalue weighted by molar-refractivity contribution is 0.476. The fourth-order valence-corrected chi connectivity index (χ4v) is 3.94. The van der Waals surface area contributed by atoms with Crippen molar-refractivity contribution in [2.45, 2.75) is 0 Å². The SMILES string of the molecule is Brc1cccc2c1N(c1cccc3ccccc13)c1ccccc1O2. The highest BCUT2D eigenvalue weighted by atomic mass is 79.9. The third-order valence-corrected chi connectivity index (χ3v) is 5.15. The molecule has 0 aromatic heterocycles. The van der Waals surface area contributed by atoms with Crippen LogP contribution in [0.2, 0.25) is 0 Å². The van der Waals surface area contributed by atoms with Crippen molar-refractivity contribution >= 4 is 43.8 Å². The van der Waals surface area contributed by atoms with E-state index < -0.39 is 0 Å². The first-order chi connectivity index (χ1) is 12.3. The summed E-state index contributed by atoms with van der Waals surface area (Å²) in [4.78, 5) is 2.28. The number of hydrogen-bond donors (Lipinski definition) is 0. The zero-order chi connectivity index (χ0) is 16.8. The molecule has 0 unspecified atom stereocenters. The lowest BCUT2D eigenvalue weighted by Crippen LogP contribution is -2.16. The van der Waals surface area contributed by atoms with Gasteiger partial charge in [0.1, 0.15) is 5.69 Å². The van der Waals surface area contributed by atoms with Crippen molar-refractivity contribution in [1.29, 1.82) is 0 Å². The molecule has 0 saturated heterocycles. The van der Waals surface area contributed by atoms with Gasteiger partial charge in [0.25, 0.3) is 0 Å². The normalized spacial score (nSPS) is 12.4. The highest BCUT2D eigenvalue weighted by Gasteiger charge is 2.28. The summed E-state index contributed by atoms with van der Waals surface area (Å²) in [7, 11) is 0. The first-order valence-corrected chi connectivity index (χ1v) is 8.95. The molecule has 0 bridgehead atoms. The molecular weight excluding hydrogens is 374 g/mol. The quantitative estimate of drug-likeness (QED) is 0.302. The van der Waals surface area contributed by atoms with Gasteiger partial charge in [-0.15, -0.1) is 0 Å². The van der Waals surface area contributed by atoms with Crippen LogP contribution in [0.4, 0.5) is 17.1 Å². The second-order valence-corrected chi connectivity index (χ2v) is 6.84. The summed E-state index contributed by atoms with van der Waals surface area (Å²) in [5, 5.41) is 2.43. The third-order valence-electron chi connectivity index (χ3n) is 4.51. The van der Waals surface area contributed by atoms with E-state index in [-0.39, 0.29) is 0 Å². The Morgan fingerprint density at radius 3 is 2.28 bits per heavy atom. The molecule has 4 aromatic carbocycles. The fourth-order valence-electron chi connectivity index (χ4n) is 3.42. The molecule has 0 atom stereocenters. The van der Waals surface area contributed by atoms with Gasteiger partial charge in [0, 0.05) is 9.86 Å². The van der Waals surface area contributed by atoms with Crippen LogP contribution in [0.1, 0.15) is 0 Å². The molecule has 1 heterocycles. The number of benzene rings is 4. The Hall–Kier alpha value is -2.78. The minimum Gasteiger partial charge on any atom is -0.453 e. The summed E-state index contributed by atoms with van der Waals surface area (Å²) in [5.74, 6) is 1.71. The van der Waals surface area contributed by atoms with Crippen LogP contribution in [0.25, 0.3) is 10.8 Å². The number of anilines is 3. The van der Waals surface area contributed by atoms with Gasteiger partial charge >= 0.3 is 0 Å². The van der Waals surface area contributed by atoms with E-state index in [4.69, 9.17) is 4.74 Å². The first kappa shape index (κ1) is 14.6. The van der Waals surface area contributed by atoms with Crippen molar-refractivity contribution in [3.05, 3.63) is 89.4 Å². The maximum Gasteiger partial charge on any atom is 0.152 e. The van der Waals surface area contributed by atoms with Crippen LogP contribution in [0.5, 0.6) is 11.5 Å². The van der Waals surface area contributed by atoms with Crippen molar-refractivity contribution in [2.24, 2.45) is 0 Å². The summed E-state index contributed by atoms with van der Waals surface area (Å²) in [6, 6.07) is 29.1. The average Bonchev–Trinajstić information content (AvgIpc) is 2.66. The van der Waals surface area contributed by atoms with Gasteiger partial charge in [-0.3, -0.25) is 0 Å². The van der Waals surface area contributed by atoms with Gasteiger partial charge in [-0.1, -0.05) is 54.6 Å². The second kappa shape index (κ2) is 5.64. The Morgan fingerprint density at radius 1 is 0.640 bits per heavy atom. The minimum absolute atomic E-state index is 0.848. The monoisotopic (exact) mass is 387 g/mol. The summed E-state index contributed by atoms with van der Waals surface area (Å²) >= 11 is 3.71. The van der Waals surface area contributed by atoms with Crippen LogP contribution >= 0.6 is 15.9 Å². The lowest BCUT2D eigenvalue weighted by Gasteiger charge is -2.34. The molecule has 0 amide bonds. The predicted molar refractivity (Wildman–Crippen MR) is 106 cm³/mol. The number of hydrogen-bond acceptors (Lipinski definition) is 2. The number of fused-ring (bicyclic) bond motifs is 3. The number of ether oxygens (including phenoxy) is 1. The maximum absolute atomic E-state index is 6.15. The predicted octanol–water partition coefficient (Wildman–Crippen LogP) is 7.18. The zero-order valence-electron chi connectivity index (χ0n) is 13.3. The van der Waals surface area contributed by atoms with Crippen LogP contribution in [0, 0.1) is 0 Å². The Kier molecular flexibility index (Phi) is 3.28. The molecule has 2 nitrogen and oxygen atoms in total. The molecular formula is C22H14BrNO. The molecule has 0 N–H and O–H groups in total. The summed E-state index contributed by atoms with van der Waals surface area (Å²) < 4.78 is 7.16. The molecule has 1 aliphatic heterocycles. The second-order valence-electron chi connectivity index (χ2n) is 5.99. The Bertz CT molecular complexity index is 1100. The number of rotatable bonds is 1. The van der Waals surface area contributed by atoms with E-state index in [9.17, 15) is 0 Å². The molecule has 5 rings (SSSR count). The lowest BCUT2D eigenvalue weighted by atomic mass is 10.1. The van der Waals surface area contributed by atoms with Gasteiger partial charge < -0.3 is 9.64 Å². The topological polar surface area (TPSA) is 12.5 Å². The molecule has 0 spiro atoms. The first-order valence-electron chi connectivity index (χ1n) is 8.16. The molecule has 0 aliphatic carbocycles. The van der Waals surface area contributed by atoms with Crippen molar-refractivity contribution in [3.63, 3.8) is 0 Å². The fraction of sp³-hybridized carbons (Fsp3) is 0. The number of para-hydroxylation sites is 3. The van der Waals surface area contributed by atoms with Crippen molar-refractivity contribution in [1.82, 2.24) is 0 Å². The van der Waals surface area contributed by atoms with Crippen LogP contribution in [0.3, 0.4) is 0 Å². The molecule has 0 fully saturated rings. The Labute approximate surface area is 154 Å². The Balaban J connectivity index is 1.87. The highest BCUT2D eigenvalue weighted by molar-refractivity contribution is 9.10. The minimum atomic E-state index is 0.848. The van der Waals surface area contributed by atoms with Crippen molar-refractivity contribution in [2.75, 3.05) is 4.90 Å². The third kappa shape index (κ3) is 2.24. The molecule has 120 valence electrons. The number of nitrogens with zero attached hydrogens (tertiary/aromatic N) is 1. The largest absolute Gasteiger partial charge is 0.453 e. The van der Waals surface area contributed by atoms with E-state index in [1.807, 2.05) is 36.4 Å². The van der Waals surface area contributed by atoms with Crippen LogP contribution in [0.15, 0.2) is 89.4 Å². The van der Waals surface area contributed by atoms with E-state index in [0.29, 0.717) is 0 Å². The van der Waals surface area contributed by atoms with E-state index in [1.54, 1.807) is 0 Å². The van der Waals surface area contributed by atoms with Gasteiger partial charge in [0.15, 0.2) is 11.5 Å². The van der Waals surface area contributed by atoms with Crippen LogP contribution < -0.4 is 9.64 Å². The number of halogens is 1. The zero-order valence-corrected chi connectivity index (χ0v) is 14.9. The average molecular weight is 388 g/mol. The van der Waals surface area contributed by atoms with E-state index in [1.165, 1.54) is 10.8 Å². The Morgan fingerprint density at radius 2 is 1.32 bits per heavy atom. The molecule has 4 aromatic rings. The van der Waals surface area contributed by atoms with Crippen LogP contribution in [-0.4, -0.2) is 0 Å². The maximum atomic E-state index is 6.15.